The largest absolute Gasteiger partial charge is 0.353 e. The van der Waals surface area contributed by atoms with Crippen LogP contribution in [0.4, 0.5) is 5.82 Å². The number of anilines is 1. The Bertz CT molecular complexity index is 393. The smallest absolute Gasteiger partial charge is 0.156 e. The number of rotatable bonds is 5. The van der Waals surface area contributed by atoms with E-state index >= 15 is 0 Å². The van der Waals surface area contributed by atoms with Gasteiger partial charge < -0.3 is 4.90 Å². The fourth-order valence-electron chi connectivity index (χ4n) is 1.78. The molecular weight excluding hydrogens is 226 g/mol. The van der Waals surface area contributed by atoms with E-state index in [-0.39, 0.29) is 5.15 Å². The Labute approximate surface area is 99.6 Å². The molecule has 0 amide bonds. The van der Waals surface area contributed by atoms with Crippen LogP contribution in [0.15, 0.2) is 6.33 Å². The number of carbonyl (C=O) groups excluding carboxylic acids is 1. The van der Waals surface area contributed by atoms with Gasteiger partial charge in [0.1, 0.15) is 17.3 Å². The Hall–Kier alpha value is -1.16. The van der Waals surface area contributed by atoms with Gasteiger partial charge in [-0.1, -0.05) is 18.5 Å². The van der Waals surface area contributed by atoms with Crippen molar-refractivity contribution in [3.05, 3.63) is 17.0 Å². The molecule has 5 heteroatoms. The predicted molar refractivity (Wildman–Crippen MR) is 63.1 cm³/mol. The van der Waals surface area contributed by atoms with E-state index in [9.17, 15) is 4.79 Å². The molecule has 1 fully saturated rings. The zero-order chi connectivity index (χ0) is 11.5. The lowest BCUT2D eigenvalue weighted by molar-refractivity contribution is 0.112. The molecule has 4 nitrogen and oxygen atoms in total. The molecule has 1 saturated carbocycles. The molecule has 16 heavy (non-hydrogen) atoms. The number of hydrogen-bond donors (Lipinski definition) is 0. The van der Waals surface area contributed by atoms with Crippen molar-refractivity contribution in [3.8, 4) is 0 Å². The van der Waals surface area contributed by atoms with Crippen LogP contribution in [0.5, 0.6) is 0 Å². The summed E-state index contributed by atoms with van der Waals surface area (Å²) in [5.74, 6) is 0.680. The van der Waals surface area contributed by atoms with Crippen LogP contribution >= 0.6 is 11.6 Å². The minimum Gasteiger partial charge on any atom is -0.353 e. The van der Waals surface area contributed by atoms with Gasteiger partial charge in [0.15, 0.2) is 6.29 Å². The second-order valence-electron chi connectivity index (χ2n) is 3.94. The second kappa shape index (κ2) is 4.78. The highest BCUT2D eigenvalue weighted by Crippen LogP contribution is 2.33. The van der Waals surface area contributed by atoms with Gasteiger partial charge in [0.2, 0.25) is 0 Å². The highest BCUT2D eigenvalue weighted by atomic mass is 35.5. The van der Waals surface area contributed by atoms with Gasteiger partial charge in [-0.25, -0.2) is 9.97 Å². The van der Waals surface area contributed by atoms with E-state index in [0.717, 1.165) is 19.3 Å². The molecule has 0 unspecified atom stereocenters. The van der Waals surface area contributed by atoms with Crippen molar-refractivity contribution in [2.45, 2.75) is 32.2 Å². The monoisotopic (exact) mass is 239 g/mol. The maximum absolute atomic E-state index is 11.0. The minimum absolute atomic E-state index is 0.238. The van der Waals surface area contributed by atoms with Gasteiger partial charge in [-0.3, -0.25) is 4.79 Å². The van der Waals surface area contributed by atoms with E-state index < -0.39 is 0 Å². The lowest BCUT2D eigenvalue weighted by Crippen LogP contribution is -2.28. The van der Waals surface area contributed by atoms with Crippen molar-refractivity contribution in [2.24, 2.45) is 0 Å². The van der Waals surface area contributed by atoms with Crippen molar-refractivity contribution >= 4 is 23.7 Å². The first-order chi connectivity index (χ1) is 7.77. The molecule has 1 aromatic rings. The molecule has 0 spiro atoms. The van der Waals surface area contributed by atoms with E-state index in [0.29, 0.717) is 17.4 Å². The van der Waals surface area contributed by atoms with Crippen LogP contribution in [0.1, 0.15) is 36.5 Å². The minimum atomic E-state index is 0.238. The van der Waals surface area contributed by atoms with Gasteiger partial charge in [0, 0.05) is 12.6 Å². The number of hydrogen-bond acceptors (Lipinski definition) is 4. The van der Waals surface area contributed by atoms with E-state index in [1.807, 2.05) is 0 Å². The molecule has 0 radical (unpaired) electrons. The summed E-state index contributed by atoms with van der Waals surface area (Å²) in [6.07, 6.45) is 5.51. The van der Waals surface area contributed by atoms with Crippen LogP contribution in [-0.2, 0) is 0 Å². The summed E-state index contributed by atoms with van der Waals surface area (Å²) in [4.78, 5) is 21.2. The van der Waals surface area contributed by atoms with E-state index in [4.69, 9.17) is 11.6 Å². The van der Waals surface area contributed by atoms with Gasteiger partial charge in [0.05, 0.1) is 5.56 Å². The fourth-order valence-corrected chi connectivity index (χ4v) is 1.96. The van der Waals surface area contributed by atoms with Crippen LogP contribution in [0.3, 0.4) is 0 Å². The summed E-state index contributed by atoms with van der Waals surface area (Å²) in [5.41, 5.74) is 0.407. The first kappa shape index (κ1) is 11.3. The molecule has 0 atom stereocenters. The number of aldehydes is 1. The number of aromatic nitrogens is 2. The molecule has 1 aliphatic rings. The van der Waals surface area contributed by atoms with Gasteiger partial charge in [-0.05, 0) is 19.3 Å². The van der Waals surface area contributed by atoms with Crippen LogP contribution in [0.25, 0.3) is 0 Å². The molecule has 2 rings (SSSR count). The van der Waals surface area contributed by atoms with Crippen molar-refractivity contribution in [3.63, 3.8) is 0 Å². The highest BCUT2D eigenvalue weighted by Gasteiger charge is 2.31. The molecule has 0 saturated heterocycles. The zero-order valence-corrected chi connectivity index (χ0v) is 9.94. The Balaban J connectivity index is 2.35. The molecule has 1 aromatic heterocycles. The van der Waals surface area contributed by atoms with Crippen LogP contribution in [0.2, 0.25) is 5.15 Å². The number of halogens is 1. The first-order valence-corrected chi connectivity index (χ1v) is 5.88. The third-order valence-electron chi connectivity index (χ3n) is 2.66. The molecule has 0 aliphatic heterocycles. The van der Waals surface area contributed by atoms with Crippen LogP contribution in [-0.4, -0.2) is 28.8 Å². The standard InChI is InChI=1S/C11H14ClN3O/c1-2-5-15(8-3-4-8)11-9(6-16)10(12)13-7-14-11/h6-8H,2-5H2,1H3. The fraction of sp³-hybridized carbons (Fsp3) is 0.545. The SMILES string of the molecule is CCCN(c1ncnc(Cl)c1C=O)C1CC1. The number of nitrogens with zero attached hydrogens (tertiary/aromatic N) is 3. The quantitative estimate of drug-likeness (QED) is 0.584. The molecule has 86 valence electrons. The van der Waals surface area contributed by atoms with Crippen molar-refractivity contribution in [2.75, 3.05) is 11.4 Å². The predicted octanol–water partition coefficient (Wildman–Crippen LogP) is 2.32. The summed E-state index contributed by atoms with van der Waals surface area (Å²) >= 11 is 5.89. The summed E-state index contributed by atoms with van der Waals surface area (Å²) in [6, 6.07) is 0.518. The number of carbonyl (C=O) groups is 1. The highest BCUT2D eigenvalue weighted by molar-refractivity contribution is 6.32. The maximum atomic E-state index is 11.0. The Morgan fingerprint density at radius 2 is 2.31 bits per heavy atom. The lowest BCUT2D eigenvalue weighted by atomic mass is 10.3. The molecule has 1 aliphatic carbocycles. The first-order valence-electron chi connectivity index (χ1n) is 5.50. The normalized spacial score (nSPS) is 14.9. The third-order valence-corrected chi connectivity index (χ3v) is 2.96. The van der Waals surface area contributed by atoms with Crippen molar-refractivity contribution in [1.82, 2.24) is 9.97 Å². The Kier molecular flexibility index (Phi) is 3.39. The summed E-state index contributed by atoms with van der Waals surface area (Å²) < 4.78 is 0. The zero-order valence-electron chi connectivity index (χ0n) is 9.19. The van der Waals surface area contributed by atoms with E-state index in [1.165, 1.54) is 19.2 Å². The third kappa shape index (κ3) is 2.16. The van der Waals surface area contributed by atoms with Gasteiger partial charge in [-0.2, -0.15) is 0 Å². The second-order valence-corrected chi connectivity index (χ2v) is 4.30. The molecule has 0 N–H and O–H groups in total. The summed E-state index contributed by atoms with van der Waals surface area (Å²) in [7, 11) is 0. The van der Waals surface area contributed by atoms with Crippen LogP contribution < -0.4 is 4.90 Å². The van der Waals surface area contributed by atoms with E-state index in [1.54, 1.807) is 0 Å². The molecular formula is C11H14ClN3O. The maximum Gasteiger partial charge on any atom is 0.156 e. The van der Waals surface area contributed by atoms with Crippen LogP contribution in [0, 0.1) is 0 Å². The molecule has 0 aromatic carbocycles. The van der Waals surface area contributed by atoms with Gasteiger partial charge in [0.25, 0.3) is 0 Å². The molecule has 0 bridgehead atoms. The average Bonchev–Trinajstić information content (AvgIpc) is 3.09. The Morgan fingerprint density at radius 1 is 1.56 bits per heavy atom. The average molecular weight is 240 g/mol. The topological polar surface area (TPSA) is 46.1 Å². The lowest BCUT2D eigenvalue weighted by Gasteiger charge is -2.23. The summed E-state index contributed by atoms with van der Waals surface area (Å²) in [6.45, 7) is 3.01. The van der Waals surface area contributed by atoms with E-state index in [2.05, 4.69) is 21.8 Å². The van der Waals surface area contributed by atoms with Gasteiger partial charge in [-0.15, -0.1) is 0 Å². The van der Waals surface area contributed by atoms with Crippen molar-refractivity contribution < 1.29 is 4.79 Å². The molecule has 1 heterocycles. The van der Waals surface area contributed by atoms with Crippen molar-refractivity contribution in [1.29, 1.82) is 0 Å². The van der Waals surface area contributed by atoms with Gasteiger partial charge >= 0.3 is 0 Å². The Morgan fingerprint density at radius 3 is 2.88 bits per heavy atom. The summed E-state index contributed by atoms with van der Waals surface area (Å²) in [5, 5.41) is 0.238.